The van der Waals surface area contributed by atoms with Gasteiger partial charge in [0.2, 0.25) is 11.3 Å². The van der Waals surface area contributed by atoms with Gasteiger partial charge in [0.05, 0.1) is 18.4 Å². The molecule has 0 saturated carbocycles. The first kappa shape index (κ1) is 19.4. The lowest BCUT2D eigenvalue weighted by atomic mass is 10.0. The molecule has 0 spiro atoms. The molecular weight excluding hydrogens is 354 g/mol. The molecule has 1 N–H and O–H groups in total. The molecule has 3 aromatic rings. The van der Waals surface area contributed by atoms with Crippen molar-refractivity contribution >= 4 is 11.7 Å². The SMILES string of the molecule is COc1ccccc1-c1c(NC(=O)C(C)C)n(-c2ccccc2)nc(C)c1=O. The van der Waals surface area contributed by atoms with E-state index in [0.29, 0.717) is 28.4 Å². The maximum atomic E-state index is 13.1. The summed E-state index contributed by atoms with van der Waals surface area (Å²) in [6, 6.07) is 16.6. The minimum absolute atomic E-state index is 0.203. The van der Waals surface area contributed by atoms with Gasteiger partial charge in [0.25, 0.3) is 0 Å². The zero-order valence-electron chi connectivity index (χ0n) is 16.4. The molecule has 1 heterocycles. The number of methoxy groups -OCH3 is 1. The molecule has 0 aliphatic rings. The maximum absolute atomic E-state index is 13.1. The lowest BCUT2D eigenvalue weighted by Gasteiger charge is -2.20. The highest BCUT2D eigenvalue weighted by Gasteiger charge is 2.23. The molecule has 0 aliphatic carbocycles. The summed E-state index contributed by atoms with van der Waals surface area (Å²) in [5.74, 6) is 0.409. The van der Waals surface area contributed by atoms with Gasteiger partial charge in [0, 0.05) is 11.5 Å². The molecule has 1 aromatic heterocycles. The predicted octanol–water partition coefficient (Wildman–Crippen LogP) is 3.81. The fraction of sp³-hybridized carbons (Fsp3) is 0.227. The Kier molecular flexibility index (Phi) is 5.59. The Morgan fingerprint density at radius 2 is 1.71 bits per heavy atom. The summed E-state index contributed by atoms with van der Waals surface area (Å²) in [6.45, 7) is 5.25. The van der Waals surface area contributed by atoms with Gasteiger partial charge in [0.15, 0.2) is 0 Å². The van der Waals surface area contributed by atoms with Gasteiger partial charge < -0.3 is 10.1 Å². The molecule has 3 rings (SSSR count). The minimum Gasteiger partial charge on any atom is -0.496 e. The molecule has 1 amide bonds. The number of aromatic nitrogens is 2. The van der Waals surface area contributed by atoms with Gasteiger partial charge in [-0.3, -0.25) is 9.59 Å². The molecule has 0 fully saturated rings. The fourth-order valence-electron chi connectivity index (χ4n) is 2.87. The Labute approximate surface area is 163 Å². The molecule has 144 valence electrons. The van der Waals surface area contributed by atoms with Crippen molar-refractivity contribution in [1.29, 1.82) is 0 Å². The fourth-order valence-corrected chi connectivity index (χ4v) is 2.87. The normalized spacial score (nSPS) is 10.8. The van der Waals surface area contributed by atoms with Crippen LogP contribution in [-0.2, 0) is 4.79 Å². The van der Waals surface area contributed by atoms with Crippen LogP contribution in [0.1, 0.15) is 19.5 Å². The summed E-state index contributed by atoms with van der Waals surface area (Å²) < 4.78 is 7.06. The van der Waals surface area contributed by atoms with E-state index < -0.39 is 0 Å². The number of carbonyl (C=O) groups excluding carboxylic acids is 1. The largest absolute Gasteiger partial charge is 0.496 e. The average Bonchev–Trinajstić information content (AvgIpc) is 2.71. The van der Waals surface area contributed by atoms with E-state index in [1.165, 1.54) is 0 Å². The van der Waals surface area contributed by atoms with Gasteiger partial charge in [-0.2, -0.15) is 5.10 Å². The molecule has 0 bridgehead atoms. The Morgan fingerprint density at radius 1 is 1.07 bits per heavy atom. The quantitative estimate of drug-likeness (QED) is 0.734. The van der Waals surface area contributed by atoms with Crippen molar-refractivity contribution in [2.45, 2.75) is 20.8 Å². The molecule has 0 radical (unpaired) electrons. The summed E-state index contributed by atoms with van der Waals surface area (Å²) in [7, 11) is 1.55. The van der Waals surface area contributed by atoms with Crippen LogP contribution < -0.4 is 15.5 Å². The minimum atomic E-state index is -0.258. The van der Waals surface area contributed by atoms with Crippen molar-refractivity contribution in [1.82, 2.24) is 9.78 Å². The lowest BCUT2D eigenvalue weighted by molar-refractivity contribution is -0.118. The summed E-state index contributed by atoms with van der Waals surface area (Å²) in [5.41, 5.74) is 1.76. The van der Waals surface area contributed by atoms with Crippen LogP contribution in [0.25, 0.3) is 16.8 Å². The number of nitrogens with zero attached hydrogens (tertiary/aromatic N) is 2. The number of carbonyl (C=O) groups is 1. The Balaban J connectivity index is 2.38. The van der Waals surface area contributed by atoms with Crippen LogP contribution in [-0.4, -0.2) is 22.8 Å². The van der Waals surface area contributed by atoms with Crippen molar-refractivity contribution in [2.75, 3.05) is 12.4 Å². The summed E-state index contributed by atoms with van der Waals surface area (Å²) in [4.78, 5) is 25.7. The highest BCUT2D eigenvalue weighted by atomic mass is 16.5. The van der Waals surface area contributed by atoms with E-state index in [9.17, 15) is 9.59 Å². The number of hydrogen-bond acceptors (Lipinski definition) is 4. The molecule has 6 heteroatoms. The predicted molar refractivity (Wildman–Crippen MR) is 110 cm³/mol. The van der Waals surface area contributed by atoms with Gasteiger partial charge in [-0.25, -0.2) is 4.68 Å². The average molecular weight is 377 g/mol. The van der Waals surface area contributed by atoms with Crippen molar-refractivity contribution < 1.29 is 9.53 Å². The van der Waals surface area contributed by atoms with Crippen molar-refractivity contribution in [3.63, 3.8) is 0 Å². The Morgan fingerprint density at radius 3 is 2.36 bits per heavy atom. The van der Waals surface area contributed by atoms with Crippen molar-refractivity contribution in [3.8, 4) is 22.6 Å². The van der Waals surface area contributed by atoms with E-state index in [0.717, 1.165) is 5.69 Å². The van der Waals surface area contributed by atoms with Crippen molar-refractivity contribution in [3.05, 3.63) is 70.5 Å². The van der Waals surface area contributed by atoms with E-state index in [2.05, 4.69) is 10.4 Å². The zero-order chi connectivity index (χ0) is 20.3. The molecule has 0 unspecified atom stereocenters. The van der Waals surface area contributed by atoms with E-state index in [1.54, 1.807) is 44.7 Å². The van der Waals surface area contributed by atoms with Gasteiger partial charge in [0.1, 0.15) is 17.3 Å². The molecule has 0 atom stereocenters. The van der Waals surface area contributed by atoms with E-state index in [4.69, 9.17) is 4.74 Å². The zero-order valence-corrected chi connectivity index (χ0v) is 16.4. The lowest BCUT2D eigenvalue weighted by Crippen LogP contribution is -2.27. The highest BCUT2D eigenvalue weighted by molar-refractivity contribution is 5.96. The van der Waals surface area contributed by atoms with Gasteiger partial charge >= 0.3 is 0 Å². The smallest absolute Gasteiger partial charge is 0.228 e. The van der Waals surface area contributed by atoms with Crippen LogP contribution in [0.2, 0.25) is 0 Å². The van der Waals surface area contributed by atoms with E-state index in [-0.39, 0.29) is 17.3 Å². The monoisotopic (exact) mass is 377 g/mol. The van der Waals surface area contributed by atoms with Crippen LogP contribution in [0.15, 0.2) is 59.4 Å². The molecule has 6 nitrogen and oxygen atoms in total. The van der Waals surface area contributed by atoms with E-state index in [1.807, 2.05) is 42.5 Å². The van der Waals surface area contributed by atoms with Gasteiger partial charge in [-0.05, 0) is 25.1 Å². The second kappa shape index (κ2) is 8.08. The molecule has 0 saturated heterocycles. The van der Waals surface area contributed by atoms with Gasteiger partial charge in [-0.15, -0.1) is 0 Å². The number of anilines is 1. The molecular formula is C22H23N3O3. The van der Waals surface area contributed by atoms with Crippen LogP contribution in [0.3, 0.4) is 0 Å². The molecule has 0 aliphatic heterocycles. The second-order valence-electron chi connectivity index (χ2n) is 6.73. The Hall–Kier alpha value is -3.41. The number of amides is 1. The number of hydrogen-bond donors (Lipinski definition) is 1. The number of rotatable bonds is 5. The van der Waals surface area contributed by atoms with Crippen LogP contribution in [0.4, 0.5) is 5.82 Å². The molecule has 2 aromatic carbocycles. The summed E-state index contributed by atoms with van der Waals surface area (Å²) >= 11 is 0. The second-order valence-corrected chi connectivity index (χ2v) is 6.73. The van der Waals surface area contributed by atoms with E-state index >= 15 is 0 Å². The third-order valence-corrected chi connectivity index (χ3v) is 4.40. The number of para-hydroxylation sites is 2. The van der Waals surface area contributed by atoms with Crippen LogP contribution in [0, 0.1) is 12.8 Å². The summed E-state index contributed by atoms with van der Waals surface area (Å²) in [6.07, 6.45) is 0. The third kappa shape index (κ3) is 3.67. The first-order valence-electron chi connectivity index (χ1n) is 9.07. The molecule has 28 heavy (non-hydrogen) atoms. The number of ether oxygens (including phenoxy) is 1. The Bertz CT molecular complexity index is 1060. The van der Waals surface area contributed by atoms with Gasteiger partial charge in [-0.1, -0.05) is 50.2 Å². The first-order valence-corrected chi connectivity index (χ1v) is 9.07. The van der Waals surface area contributed by atoms with Crippen LogP contribution >= 0.6 is 0 Å². The van der Waals surface area contributed by atoms with Crippen LogP contribution in [0.5, 0.6) is 5.75 Å². The van der Waals surface area contributed by atoms with Crippen molar-refractivity contribution in [2.24, 2.45) is 5.92 Å². The third-order valence-electron chi connectivity index (χ3n) is 4.40. The standard InChI is InChI=1S/C22H23N3O3/c1-14(2)22(27)23-21-19(17-12-8-9-13-18(17)28-4)20(26)15(3)24-25(21)16-10-6-5-7-11-16/h5-14H,1-4H3,(H,23,27). The number of benzene rings is 2. The number of aryl methyl sites for hydroxylation is 1. The topological polar surface area (TPSA) is 73.2 Å². The highest BCUT2D eigenvalue weighted by Crippen LogP contribution is 2.33. The first-order chi connectivity index (χ1) is 13.4. The maximum Gasteiger partial charge on any atom is 0.228 e. The number of nitrogens with one attached hydrogen (secondary N) is 1. The summed E-state index contributed by atoms with van der Waals surface area (Å²) in [5, 5.41) is 7.35.